The van der Waals surface area contributed by atoms with Gasteiger partial charge in [-0.25, -0.2) is 0 Å². The fraction of sp³-hybridized carbons (Fsp3) is 0.556. The van der Waals surface area contributed by atoms with Crippen molar-refractivity contribution < 1.29 is 28.9 Å². The zero-order chi connectivity index (χ0) is 18.6. The first-order chi connectivity index (χ1) is 11.9. The van der Waals surface area contributed by atoms with E-state index in [2.05, 4.69) is 0 Å². The highest BCUT2D eigenvalue weighted by molar-refractivity contribution is 5.80. The number of carboxylic acids is 1. The summed E-state index contributed by atoms with van der Waals surface area (Å²) < 4.78 is 15.9. The highest BCUT2D eigenvalue weighted by Gasteiger charge is 2.32. The molecule has 0 radical (unpaired) electrons. The maximum atomic E-state index is 12.7. The first-order valence-electron chi connectivity index (χ1n) is 8.19. The third-order valence-corrected chi connectivity index (χ3v) is 4.44. The molecule has 0 bridgehead atoms. The van der Waals surface area contributed by atoms with E-state index in [9.17, 15) is 14.7 Å². The molecule has 0 aromatic heterocycles. The van der Waals surface area contributed by atoms with Gasteiger partial charge in [-0.05, 0) is 30.0 Å². The lowest BCUT2D eigenvalue weighted by Crippen LogP contribution is -2.46. The second kappa shape index (κ2) is 8.09. The minimum atomic E-state index is -0.850. The second-order valence-corrected chi connectivity index (χ2v) is 6.39. The molecule has 25 heavy (non-hydrogen) atoms. The maximum Gasteiger partial charge on any atom is 0.308 e. The zero-order valence-electron chi connectivity index (χ0n) is 15.1. The van der Waals surface area contributed by atoms with Crippen LogP contribution in [0.5, 0.6) is 17.2 Å². The Kier molecular flexibility index (Phi) is 6.12. The number of piperidine rings is 1. The summed E-state index contributed by atoms with van der Waals surface area (Å²) in [4.78, 5) is 25.6. The van der Waals surface area contributed by atoms with Gasteiger partial charge in [-0.15, -0.1) is 0 Å². The summed E-state index contributed by atoms with van der Waals surface area (Å²) in [6, 6.07) is 3.47. The van der Waals surface area contributed by atoms with Crippen molar-refractivity contribution in [3.05, 3.63) is 17.7 Å². The Morgan fingerprint density at radius 3 is 2.20 bits per heavy atom. The Morgan fingerprint density at radius 1 is 1.12 bits per heavy atom. The molecule has 1 amide bonds. The lowest BCUT2D eigenvalue weighted by Gasteiger charge is -2.34. The molecule has 7 heteroatoms. The van der Waals surface area contributed by atoms with Crippen molar-refractivity contribution in [2.24, 2.45) is 11.8 Å². The Morgan fingerprint density at radius 2 is 1.72 bits per heavy atom. The van der Waals surface area contributed by atoms with Gasteiger partial charge >= 0.3 is 5.97 Å². The molecule has 7 nitrogen and oxygen atoms in total. The van der Waals surface area contributed by atoms with E-state index < -0.39 is 11.9 Å². The van der Waals surface area contributed by atoms with Crippen LogP contribution in [-0.2, 0) is 16.0 Å². The van der Waals surface area contributed by atoms with Crippen LogP contribution in [0.25, 0.3) is 0 Å². The van der Waals surface area contributed by atoms with Crippen molar-refractivity contribution in [1.82, 2.24) is 4.90 Å². The molecule has 1 saturated heterocycles. The van der Waals surface area contributed by atoms with Gasteiger partial charge in [-0.3, -0.25) is 9.59 Å². The van der Waals surface area contributed by atoms with Gasteiger partial charge in [0.05, 0.1) is 33.7 Å². The average molecular weight is 351 g/mol. The highest BCUT2D eigenvalue weighted by atomic mass is 16.5. The number of ether oxygens (including phenoxy) is 3. The van der Waals surface area contributed by atoms with Crippen LogP contribution < -0.4 is 14.2 Å². The summed E-state index contributed by atoms with van der Waals surface area (Å²) >= 11 is 0. The van der Waals surface area contributed by atoms with Gasteiger partial charge in [0.1, 0.15) is 0 Å². The summed E-state index contributed by atoms with van der Waals surface area (Å²) in [5, 5.41) is 9.25. The molecule has 1 aromatic rings. The Bertz CT molecular complexity index is 619. The number of likely N-dealkylation sites (tertiary alicyclic amines) is 1. The minimum absolute atomic E-state index is 0.105. The fourth-order valence-electron chi connectivity index (χ4n) is 3.26. The molecule has 2 rings (SSSR count). The summed E-state index contributed by atoms with van der Waals surface area (Å²) in [5.74, 6) is 0.148. The van der Waals surface area contributed by atoms with E-state index in [0.29, 0.717) is 30.2 Å². The normalized spacial score (nSPS) is 20.1. The number of methoxy groups -OCH3 is 3. The van der Waals surface area contributed by atoms with Gasteiger partial charge in [0.2, 0.25) is 11.7 Å². The number of carbonyl (C=O) groups is 2. The Balaban J connectivity index is 2.18. The van der Waals surface area contributed by atoms with E-state index in [0.717, 1.165) is 5.56 Å². The topological polar surface area (TPSA) is 85.3 Å². The standard InChI is InChI=1S/C18H25NO6/c1-11-5-13(18(21)22)10-19(9-11)16(20)8-12-6-14(23-2)17(25-4)15(7-12)24-3/h6-7,11,13H,5,8-10H2,1-4H3,(H,21,22). The predicted octanol–water partition coefficient (Wildman–Crippen LogP) is 1.82. The second-order valence-electron chi connectivity index (χ2n) is 6.39. The van der Waals surface area contributed by atoms with Crippen LogP contribution in [0.2, 0.25) is 0 Å². The molecule has 2 unspecified atom stereocenters. The van der Waals surface area contributed by atoms with E-state index in [4.69, 9.17) is 14.2 Å². The van der Waals surface area contributed by atoms with Crippen LogP contribution in [0.1, 0.15) is 18.9 Å². The van der Waals surface area contributed by atoms with Crippen molar-refractivity contribution >= 4 is 11.9 Å². The SMILES string of the molecule is COc1cc(CC(=O)N2CC(C)CC(C(=O)O)C2)cc(OC)c1OC. The molecule has 1 aliphatic rings. The lowest BCUT2D eigenvalue weighted by molar-refractivity contribution is -0.146. The number of hydrogen-bond donors (Lipinski definition) is 1. The summed E-state index contributed by atoms with van der Waals surface area (Å²) in [5.41, 5.74) is 0.726. The number of hydrogen-bond acceptors (Lipinski definition) is 5. The van der Waals surface area contributed by atoms with Gasteiger partial charge in [0.15, 0.2) is 11.5 Å². The molecule has 0 saturated carbocycles. The first-order valence-corrected chi connectivity index (χ1v) is 8.19. The van der Waals surface area contributed by atoms with E-state index in [1.54, 1.807) is 17.0 Å². The molecule has 1 aromatic carbocycles. The first kappa shape index (κ1) is 18.9. The van der Waals surface area contributed by atoms with Gasteiger partial charge in [0.25, 0.3) is 0 Å². The highest BCUT2D eigenvalue weighted by Crippen LogP contribution is 2.38. The molecule has 1 aliphatic heterocycles. The van der Waals surface area contributed by atoms with Crippen LogP contribution in [0.4, 0.5) is 0 Å². The summed E-state index contributed by atoms with van der Waals surface area (Å²) in [6.07, 6.45) is 0.749. The van der Waals surface area contributed by atoms with Crippen molar-refractivity contribution in [2.45, 2.75) is 19.8 Å². The Hall–Kier alpha value is -2.44. The van der Waals surface area contributed by atoms with Crippen LogP contribution in [0.3, 0.4) is 0 Å². The van der Waals surface area contributed by atoms with Crippen molar-refractivity contribution in [3.63, 3.8) is 0 Å². The predicted molar refractivity (Wildman–Crippen MR) is 91.3 cm³/mol. The molecular formula is C18H25NO6. The van der Waals surface area contributed by atoms with Gasteiger partial charge in [-0.2, -0.15) is 0 Å². The van der Waals surface area contributed by atoms with Crippen LogP contribution >= 0.6 is 0 Å². The van der Waals surface area contributed by atoms with Crippen molar-refractivity contribution in [3.8, 4) is 17.2 Å². The van der Waals surface area contributed by atoms with Crippen molar-refractivity contribution in [2.75, 3.05) is 34.4 Å². The molecule has 138 valence electrons. The molecule has 1 N–H and O–H groups in total. The summed E-state index contributed by atoms with van der Waals surface area (Å²) in [6.45, 7) is 2.80. The molecule has 1 heterocycles. The number of rotatable bonds is 6. The van der Waals surface area contributed by atoms with Gasteiger partial charge in [-0.1, -0.05) is 6.92 Å². The smallest absolute Gasteiger partial charge is 0.308 e. The lowest BCUT2D eigenvalue weighted by atomic mass is 9.90. The number of amides is 1. The molecule has 0 spiro atoms. The maximum absolute atomic E-state index is 12.7. The molecule has 0 aliphatic carbocycles. The number of benzene rings is 1. The Labute approximate surface area is 147 Å². The monoisotopic (exact) mass is 351 g/mol. The van der Waals surface area contributed by atoms with Gasteiger partial charge in [0, 0.05) is 13.1 Å². The molecule has 2 atom stereocenters. The zero-order valence-corrected chi connectivity index (χ0v) is 15.1. The quantitative estimate of drug-likeness (QED) is 0.841. The fourth-order valence-corrected chi connectivity index (χ4v) is 3.26. The van der Waals surface area contributed by atoms with Crippen molar-refractivity contribution in [1.29, 1.82) is 0 Å². The van der Waals surface area contributed by atoms with E-state index in [1.807, 2.05) is 6.92 Å². The van der Waals surface area contributed by atoms with E-state index >= 15 is 0 Å². The third-order valence-electron chi connectivity index (χ3n) is 4.44. The number of aliphatic carboxylic acids is 1. The number of carbonyl (C=O) groups excluding carboxylic acids is 1. The van der Waals surface area contributed by atoms with Gasteiger partial charge < -0.3 is 24.2 Å². The largest absolute Gasteiger partial charge is 0.493 e. The molecule has 1 fully saturated rings. The number of carboxylic acid groups (broad SMARTS) is 1. The average Bonchev–Trinajstić information content (AvgIpc) is 2.60. The van der Waals surface area contributed by atoms with Crippen LogP contribution in [0, 0.1) is 11.8 Å². The minimum Gasteiger partial charge on any atom is -0.493 e. The number of nitrogens with zero attached hydrogens (tertiary/aromatic N) is 1. The van der Waals surface area contributed by atoms with Crippen LogP contribution in [0.15, 0.2) is 12.1 Å². The van der Waals surface area contributed by atoms with E-state index in [-0.39, 0.29) is 24.8 Å². The van der Waals surface area contributed by atoms with E-state index in [1.165, 1.54) is 21.3 Å². The third kappa shape index (κ3) is 4.35. The molecular weight excluding hydrogens is 326 g/mol. The summed E-state index contributed by atoms with van der Waals surface area (Å²) in [7, 11) is 4.56. The van der Waals surface area contributed by atoms with Crippen LogP contribution in [-0.4, -0.2) is 56.3 Å².